The van der Waals surface area contributed by atoms with Crippen LogP contribution in [0.2, 0.25) is 5.15 Å². The number of aryl methyl sites for hydroxylation is 2. The van der Waals surface area contributed by atoms with Crippen LogP contribution in [-0.4, -0.2) is 25.6 Å². The molecule has 2 heterocycles. The van der Waals surface area contributed by atoms with Gasteiger partial charge in [-0.1, -0.05) is 11.6 Å². The van der Waals surface area contributed by atoms with Crippen molar-refractivity contribution < 1.29 is 4.79 Å². The van der Waals surface area contributed by atoms with Crippen molar-refractivity contribution in [1.82, 2.24) is 19.3 Å². The van der Waals surface area contributed by atoms with Crippen LogP contribution in [0.15, 0.2) is 12.4 Å². The minimum Gasteiger partial charge on any atom is -0.333 e. The predicted octanol–water partition coefficient (Wildman–Crippen LogP) is 1.29. The number of imidazole rings is 1. The molecule has 78 valence electrons. The number of hydrogen-bond donors (Lipinski definition) is 0. The van der Waals surface area contributed by atoms with Crippen LogP contribution in [0.25, 0.3) is 11.5 Å². The Bertz CT molecular complexity index is 514. The SMILES string of the molecule is Cn1ccnc1-c1nn(C)c(Cl)c1C=O. The Morgan fingerprint density at radius 1 is 1.47 bits per heavy atom. The van der Waals surface area contributed by atoms with E-state index in [1.807, 2.05) is 7.05 Å². The van der Waals surface area contributed by atoms with E-state index in [1.54, 1.807) is 24.0 Å². The van der Waals surface area contributed by atoms with E-state index in [2.05, 4.69) is 10.1 Å². The van der Waals surface area contributed by atoms with Gasteiger partial charge in [0.1, 0.15) is 10.8 Å². The summed E-state index contributed by atoms with van der Waals surface area (Å²) in [6.07, 6.45) is 4.12. The monoisotopic (exact) mass is 224 g/mol. The molecule has 0 unspecified atom stereocenters. The summed E-state index contributed by atoms with van der Waals surface area (Å²) in [6, 6.07) is 0. The molecule has 0 N–H and O–H groups in total. The van der Waals surface area contributed by atoms with Crippen molar-refractivity contribution in [1.29, 1.82) is 0 Å². The molecular weight excluding hydrogens is 216 g/mol. The van der Waals surface area contributed by atoms with Crippen LogP contribution in [0.4, 0.5) is 0 Å². The molecule has 0 aromatic carbocycles. The Morgan fingerprint density at radius 2 is 2.20 bits per heavy atom. The fourth-order valence-electron chi connectivity index (χ4n) is 1.38. The summed E-state index contributed by atoms with van der Waals surface area (Å²) in [7, 11) is 3.52. The molecule has 0 radical (unpaired) electrons. The summed E-state index contributed by atoms with van der Waals surface area (Å²) in [6.45, 7) is 0. The molecular formula is C9H9ClN4O. The molecule has 0 aliphatic carbocycles. The third kappa shape index (κ3) is 1.45. The van der Waals surface area contributed by atoms with Gasteiger partial charge in [0.25, 0.3) is 0 Å². The number of halogens is 1. The van der Waals surface area contributed by atoms with Crippen LogP contribution in [0, 0.1) is 0 Å². The minimum absolute atomic E-state index is 0.322. The highest BCUT2D eigenvalue weighted by Gasteiger charge is 2.18. The molecule has 0 fully saturated rings. The standard InChI is InChI=1S/C9H9ClN4O/c1-13-4-3-11-9(13)7-6(5-15)8(10)14(2)12-7/h3-5H,1-2H3. The zero-order valence-electron chi connectivity index (χ0n) is 8.31. The Labute approximate surface area is 91.3 Å². The van der Waals surface area contributed by atoms with Crippen LogP contribution >= 0.6 is 11.6 Å². The molecule has 2 aromatic rings. The van der Waals surface area contributed by atoms with Crippen molar-refractivity contribution in [2.24, 2.45) is 14.1 Å². The van der Waals surface area contributed by atoms with Crippen molar-refractivity contribution in [3.8, 4) is 11.5 Å². The van der Waals surface area contributed by atoms with E-state index in [4.69, 9.17) is 11.6 Å². The summed E-state index contributed by atoms with van der Waals surface area (Å²) < 4.78 is 3.24. The Balaban J connectivity index is 2.68. The van der Waals surface area contributed by atoms with Crippen molar-refractivity contribution in [3.05, 3.63) is 23.1 Å². The molecule has 0 amide bonds. The third-order valence-electron chi connectivity index (χ3n) is 2.16. The number of carbonyl (C=O) groups excluding carboxylic acids is 1. The van der Waals surface area contributed by atoms with Crippen LogP contribution in [0.5, 0.6) is 0 Å². The summed E-state index contributed by atoms with van der Waals surface area (Å²) >= 11 is 5.92. The van der Waals surface area contributed by atoms with Gasteiger partial charge in [-0.2, -0.15) is 5.10 Å². The first kappa shape index (κ1) is 9.92. The molecule has 0 saturated carbocycles. The van der Waals surface area contributed by atoms with Gasteiger partial charge in [0, 0.05) is 26.5 Å². The van der Waals surface area contributed by atoms with Gasteiger partial charge in [-0.3, -0.25) is 9.48 Å². The normalized spacial score (nSPS) is 10.6. The van der Waals surface area contributed by atoms with E-state index >= 15 is 0 Å². The topological polar surface area (TPSA) is 52.7 Å². The second-order valence-electron chi connectivity index (χ2n) is 3.16. The maximum atomic E-state index is 10.9. The minimum atomic E-state index is 0.322. The van der Waals surface area contributed by atoms with Crippen LogP contribution in [0.3, 0.4) is 0 Å². The molecule has 0 aliphatic heterocycles. The lowest BCUT2D eigenvalue weighted by atomic mass is 10.2. The Morgan fingerprint density at radius 3 is 2.73 bits per heavy atom. The van der Waals surface area contributed by atoms with Crippen molar-refractivity contribution in [2.75, 3.05) is 0 Å². The highest BCUT2D eigenvalue weighted by molar-refractivity contribution is 6.32. The number of aldehydes is 1. The molecule has 0 bridgehead atoms. The average Bonchev–Trinajstić information content (AvgIpc) is 2.73. The summed E-state index contributed by atoms with van der Waals surface area (Å²) in [4.78, 5) is 15.0. The number of hydrogen-bond acceptors (Lipinski definition) is 3. The maximum absolute atomic E-state index is 10.9. The van der Waals surface area contributed by atoms with Crippen molar-refractivity contribution in [3.63, 3.8) is 0 Å². The van der Waals surface area contributed by atoms with E-state index < -0.39 is 0 Å². The largest absolute Gasteiger partial charge is 0.333 e. The first-order chi connectivity index (χ1) is 7.15. The third-order valence-corrected chi connectivity index (χ3v) is 2.61. The Hall–Kier alpha value is -1.62. The van der Waals surface area contributed by atoms with E-state index in [0.29, 0.717) is 28.5 Å². The molecule has 0 aliphatic rings. The van der Waals surface area contributed by atoms with Gasteiger partial charge in [-0.25, -0.2) is 4.98 Å². The van der Waals surface area contributed by atoms with Crippen LogP contribution in [0.1, 0.15) is 10.4 Å². The smallest absolute Gasteiger partial charge is 0.161 e. The average molecular weight is 225 g/mol. The van der Waals surface area contributed by atoms with Crippen LogP contribution in [-0.2, 0) is 14.1 Å². The molecule has 0 atom stereocenters. The highest BCUT2D eigenvalue weighted by Crippen LogP contribution is 2.24. The quantitative estimate of drug-likeness (QED) is 0.723. The lowest BCUT2D eigenvalue weighted by Crippen LogP contribution is -1.95. The number of carbonyl (C=O) groups is 1. The summed E-state index contributed by atoms with van der Waals surface area (Å²) in [5, 5.41) is 4.48. The second-order valence-corrected chi connectivity index (χ2v) is 3.51. The van der Waals surface area contributed by atoms with Gasteiger partial charge in [-0.15, -0.1) is 0 Å². The Kier molecular flexibility index (Phi) is 2.32. The van der Waals surface area contributed by atoms with Gasteiger partial charge in [0.05, 0.1) is 5.56 Å². The molecule has 5 nitrogen and oxygen atoms in total. The number of aromatic nitrogens is 4. The van der Waals surface area contributed by atoms with E-state index in [0.717, 1.165) is 0 Å². The second kappa shape index (κ2) is 3.51. The zero-order valence-corrected chi connectivity index (χ0v) is 9.06. The summed E-state index contributed by atoms with van der Waals surface area (Å²) in [5.41, 5.74) is 0.874. The first-order valence-electron chi connectivity index (χ1n) is 4.30. The van der Waals surface area contributed by atoms with Gasteiger partial charge < -0.3 is 4.57 Å². The lowest BCUT2D eigenvalue weighted by Gasteiger charge is -1.97. The molecule has 0 spiro atoms. The van der Waals surface area contributed by atoms with E-state index in [9.17, 15) is 4.79 Å². The highest BCUT2D eigenvalue weighted by atomic mass is 35.5. The first-order valence-corrected chi connectivity index (χ1v) is 4.68. The van der Waals surface area contributed by atoms with Gasteiger partial charge in [0.2, 0.25) is 0 Å². The fraction of sp³-hybridized carbons (Fsp3) is 0.222. The van der Waals surface area contributed by atoms with Crippen molar-refractivity contribution >= 4 is 17.9 Å². The van der Waals surface area contributed by atoms with Crippen molar-refractivity contribution in [2.45, 2.75) is 0 Å². The molecule has 2 aromatic heterocycles. The fourth-order valence-corrected chi connectivity index (χ4v) is 1.56. The summed E-state index contributed by atoms with van der Waals surface area (Å²) in [5.74, 6) is 0.625. The molecule has 2 rings (SSSR count). The molecule has 6 heteroatoms. The maximum Gasteiger partial charge on any atom is 0.161 e. The van der Waals surface area contributed by atoms with Crippen LogP contribution < -0.4 is 0 Å². The van der Waals surface area contributed by atoms with E-state index in [1.165, 1.54) is 4.68 Å². The number of rotatable bonds is 2. The van der Waals surface area contributed by atoms with Gasteiger partial charge in [0.15, 0.2) is 12.1 Å². The van der Waals surface area contributed by atoms with Gasteiger partial charge in [-0.05, 0) is 0 Å². The molecule has 0 saturated heterocycles. The zero-order chi connectivity index (χ0) is 11.0. The van der Waals surface area contributed by atoms with Gasteiger partial charge >= 0.3 is 0 Å². The molecule has 15 heavy (non-hydrogen) atoms. The predicted molar refractivity (Wildman–Crippen MR) is 55.8 cm³/mol. The lowest BCUT2D eigenvalue weighted by molar-refractivity contribution is 0.112. The van der Waals surface area contributed by atoms with E-state index in [-0.39, 0.29) is 0 Å². The number of nitrogens with zero attached hydrogens (tertiary/aromatic N) is 4.